The van der Waals surface area contributed by atoms with E-state index in [4.69, 9.17) is 0 Å². The lowest BCUT2D eigenvalue weighted by atomic mass is 9.87. The average molecular weight is 260 g/mol. The second-order valence-corrected chi connectivity index (χ2v) is 6.98. The molecule has 4 unspecified atom stereocenters. The van der Waals surface area contributed by atoms with Crippen molar-refractivity contribution in [2.24, 2.45) is 5.92 Å². The lowest BCUT2D eigenvalue weighted by Gasteiger charge is -2.31. The van der Waals surface area contributed by atoms with Crippen LogP contribution in [0.4, 0.5) is 0 Å². The summed E-state index contributed by atoms with van der Waals surface area (Å²) in [4.78, 5) is 11.2. The van der Waals surface area contributed by atoms with E-state index < -0.39 is 10.8 Å². The Morgan fingerprint density at radius 1 is 1.41 bits per heavy atom. The Morgan fingerprint density at radius 3 is 2.65 bits per heavy atom. The summed E-state index contributed by atoms with van der Waals surface area (Å²) in [6, 6.07) is 0. The standard InChI is InChI=1S/C13H24O3S/c1-4-11-7-5-6-8-12(11)17(15)10(2)9-13(14)16-3/h10-12H,4-9H2,1-3H3. The van der Waals surface area contributed by atoms with Gasteiger partial charge in [-0.25, -0.2) is 0 Å². The van der Waals surface area contributed by atoms with Crippen LogP contribution in [-0.4, -0.2) is 27.8 Å². The predicted molar refractivity (Wildman–Crippen MR) is 70.3 cm³/mol. The van der Waals surface area contributed by atoms with E-state index in [-0.39, 0.29) is 22.9 Å². The summed E-state index contributed by atoms with van der Waals surface area (Å²) in [5.41, 5.74) is 0. The van der Waals surface area contributed by atoms with Gasteiger partial charge in [0.1, 0.15) is 0 Å². The highest BCUT2D eigenvalue weighted by atomic mass is 32.2. The maximum Gasteiger partial charge on any atom is 0.306 e. The summed E-state index contributed by atoms with van der Waals surface area (Å²) in [6.07, 6.45) is 6.06. The smallest absolute Gasteiger partial charge is 0.306 e. The molecule has 0 aromatic rings. The Morgan fingerprint density at radius 2 is 2.06 bits per heavy atom. The van der Waals surface area contributed by atoms with Crippen LogP contribution in [0.1, 0.15) is 52.4 Å². The lowest BCUT2D eigenvalue weighted by Crippen LogP contribution is -2.34. The Hall–Kier alpha value is -0.380. The molecule has 0 aromatic carbocycles. The summed E-state index contributed by atoms with van der Waals surface area (Å²) in [6.45, 7) is 4.07. The first-order valence-corrected chi connectivity index (χ1v) is 7.84. The molecule has 0 amide bonds. The molecule has 1 aliphatic rings. The Bertz CT molecular complexity index is 278. The molecule has 0 aromatic heterocycles. The SMILES string of the molecule is CCC1CCCCC1S(=O)C(C)CC(=O)OC. The molecule has 17 heavy (non-hydrogen) atoms. The number of ether oxygens (including phenoxy) is 1. The summed E-state index contributed by atoms with van der Waals surface area (Å²) in [5.74, 6) is 0.319. The third kappa shape index (κ3) is 4.09. The van der Waals surface area contributed by atoms with Crippen LogP contribution in [0.25, 0.3) is 0 Å². The van der Waals surface area contributed by atoms with E-state index >= 15 is 0 Å². The summed E-state index contributed by atoms with van der Waals surface area (Å²) in [5, 5.41) is 0.202. The number of carbonyl (C=O) groups is 1. The van der Waals surface area contributed by atoms with Crippen LogP contribution in [0.2, 0.25) is 0 Å². The van der Waals surface area contributed by atoms with E-state index in [2.05, 4.69) is 11.7 Å². The van der Waals surface area contributed by atoms with E-state index in [0.29, 0.717) is 5.92 Å². The topological polar surface area (TPSA) is 43.4 Å². The van der Waals surface area contributed by atoms with Gasteiger partial charge in [0.15, 0.2) is 0 Å². The van der Waals surface area contributed by atoms with E-state index in [1.54, 1.807) is 0 Å². The Balaban J connectivity index is 2.57. The number of carbonyl (C=O) groups excluding carboxylic acids is 1. The van der Waals surface area contributed by atoms with Crippen molar-refractivity contribution in [3.05, 3.63) is 0 Å². The maximum absolute atomic E-state index is 12.4. The van der Waals surface area contributed by atoms with Crippen LogP contribution in [-0.2, 0) is 20.3 Å². The molecule has 100 valence electrons. The summed E-state index contributed by atoms with van der Waals surface area (Å²) >= 11 is 0. The molecule has 1 saturated carbocycles. The van der Waals surface area contributed by atoms with Crippen molar-refractivity contribution < 1.29 is 13.7 Å². The highest BCUT2D eigenvalue weighted by molar-refractivity contribution is 7.86. The van der Waals surface area contributed by atoms with Crippen molar-refractivity contribution >= 4 is 16.8 Å². The predicted octanol–water partition coefficient (Wildman–Crippen LogP) is 2.66. The van der Waals surface area contributed by atoms with Gasteiger partial charge in [0, 0.05) is 21.3 Å². The van der Waals surface area contributed by atoms with Crippen LogP contribution in [0, 0.1) is 5.92 Å². The Kier molecular flexibility index (Phi) is 6.17. The van der Waals surface area contributed by atoms with E-state index in [1.807, 2.05) is 6.92 Å². The van der Waals surface area contributed by atoms with Crippen molar-refractivity contribution in [1.29, 1.82) is 0 Å². The van der Waals surface area contributed by atoms with Crippen molar-refractivity contribution in [2.45, 2.75) is 62.9 Å². The molecule has 1 rings (SSSR count). The fourth-order valence-corrected chi connectivity index (χ4v) is 4.65. The number of rotatable bonds is 5. The number of hydrogen-bond acceptors (Lipinski definition) is 3. The second kappa shape index (κ2) is 7.14. The fraction of sp³-hybridized carbons (Fsp3) is 0.923. The quantitative estimate of drug-likeness (QED) is 0.714. The normalized spacial score (nSPS) is 28.4. The van der Waals surface area contributed by atoms with Crippen molar-refractivity contribution in [3.8, 4) is 0 Å². The monoisotopic (exact) mass is 260 g/mol. The van der Waals surface area contributed by atoms with Crippen molar-refractivity contribution in [3.63, 3.8) is 0 Å². The zero-order valence-corrected chi connectivity index (χ0v) is 11.9. The molecule has 0 spiro atoms. The molecule has 0 N–H and O–H groups in total. The largest absolute Gasteiger partial charge is 0.469 e. The van der Waals surface area contributed by atoms with Gasteiger partial charge in [-0.05, 0) is 18.8 Å². The van der Waals surface area contributed by atoms with Crippen LogP contribution in [0.3, 0.4) is 0 Å². The zero-order chi connectivity index (χ0) is 12.8. The van der Waals surface area contributed by atoms with Gasteiger partial charge in [0.25, 0.3) is 0 Å². The van der Waals surface area contributed by atoms with Crippen molar-refractivity contribution in [2.75, 3.05) is 7.11 Å². The van der Waals surface area contributed by atoms with Crippen LogP contribution in [0.15, 0.2) is 0 Å². The molecular formula is C13H24O3S. The fourth-order valence-electron chi connectivity index (χ4n) is 2.65. The highest BCUT2D eigenvalue weighted by Gasteiger charge is 2.31. The lowest BCUT2D eigenvalue weighted by molar-refractivity contribution is -0.140. The van der Waals surface area contributed by atoms with Gasteiger partial charge in [-0.2, -0.15) is 0 Å². The minimum absolute atomic E-state index is 0.0837. The molecule has 4 atom stereocenters. The molecule has 0 saturated heterocycles. The maximum atomic E-state index is 12.4. The van der Waals surface area contributed by atoms with Gasteiger partial charge in [-0.1, -0.05) is 33.1 Å². The molecule has 0 aliphatic heterocycles. The molecule has 0 bridgehead atoms. The van der Waals surface area contributed by atoms with Gasteiger partial charge in [-0.15, -0.1) is 0 Å². The first-order valence-electron chi connectivity index (χ1n) is 6.56. The minimum atomic E-state index is -0.904. The Labute approximate surface area is 107 Å². The summed E-state index contributed by atoms with van der Waals surface area (Å²) < 4.78 is 17.1. The van der Waals surface area contributed by atoms with Crippen LogP contribution in [0.5, 0.6) is 0 Å². The zero-order valence-electron chi connectivity index (χ0n) is 11.1. The number of esters is 1. The van der Waals surface area contributed by atoms with Crippen LogP contribution >= 0.6 is 0 Å². The van der Waals surface area contributed by atoms with Gasteiger partial charge >= 0.3 is 5.97 Å². The van der Waals surface area contributed by atoms with Gasteiger partial charge < -0.3 is 4.74 Å². The average Bonchev–Trinajstić information content (AvgIpc) is 2.37. The van der Waals surface area contributed by atoms with Gasteiger partial charge in [-0.3, -0.25) is 9.00 Å². The molecule has 0 radical (unpaired) electrons. The first kappa shape index (κ1) is 14.7. The van der Waals surface area contributed by atoms with Crippen LogP contribution < -0.4 is 0 Å². The molecule has 1 fully saturated rings. The second-order valence-electron chi connectivity index (χ2n) is 4.91. The summed E-state index contributed by atoms with van der Waals surface area (Å²) in [7, 11) is 0.478. The van der Waals surface area contributed by atoms with E-state index in [9.17, 15) is 9.00 Å². The third-order valence-corrected chi connectivity index (χ3v) is 5.92. The molecular weight excluding hydrogens is 236 g/mol. The third-order valence-electron chi connectivity index (χ3n) is 3.74. The first-order chi connectivity index (χ1) is 8.10. The van der Waals surface area contributed by atoms with E-state index in [1.165, 1.54) is 26.4 Å². The molecule has 4 heteroatoms. The van der Waals surface area contributed by atoms with Crippen molar-refractivity contribution in [1.82, 2.24) is 0 Å². The minimum Gasteiger partial charge on any atom is -0.469 e. The number of hydrogen-bond donors (Lipinski definition) is 0. The van der Waals surface area contributed by atoms with Gasteiger partial charge in [0.05, 0.1) is 13.5 Å². The highest BCUT2D eigenvalue weighted by Crippen LogP contribution is 2.32. The molecule has 1 aliphatic carbocycles. The molecule has 0 heterocycles. The van der Waals surface area contributed by atoms with Gasteiger partial charge in [0.2, 0.25) is 0 Å². The van der Waals surface area contributed by atoms with E-state index in [0.717, 1.165) is 12.8 Å². The molecule has 3 nitrogen and oxygen atoms in total. The number of methoxy groups -OCH3 is 1.